The summed E-state index contributed by atoms with van der Waals surface area (Å²) in [5.41, 5.74) is 3.01. The Kier molecular flexibility index (Phi) is 4.17. The standard InChI is InChI=1S/C19H20N2O4/c22-18(14-10-13-3-1-2-4-15(13)21-19(14)23)20-8-7-12-5-6-16-17(9-12)25-11-24-16/h5-6,9-10H,1-4,7-8,11H2,(H,20,22)(H,21,23). The van der Waals surface area contributed by atoms with Gasteiger partial charge >= 0.3 is 0 Å². The molecule has 0 spiro atoms. The lowest BCUT2D eigenvalue weighted by atomic mass is 9.95. The molecule has 0 radical (unpaired) electrons. The summed E-state index contributed by atoms with van der Waals surface area (Å²) in [6, 6.07) is 7.49. The molecule has 0 bridgehead atoms. The van der Waals surface area contributed by atoms with Gasteiger partial charge in [0.1, 0.15) is 5.56 Å². The summed E-state index contributed by atoms with van der Waals surface area (Å²) in [7, 11) is 0. The zero-order valence-electron chi connectivity index (χ0n) is 13.9. The highest BCUT2D eigenvalue weighted by Gasteiger charge is 2.17. The minimum atomic E-state index is -0.324. The van der Waals surface area contributed by atoms with Crippen LogP contribution < -0.4 is 20.3 Å². The van der Waals surface area contributed by atoms with Crippen molar-refractivity contribution in [2.24, 2.45) is 0 Å². The van der Waals surface area contributed by atoms with Gasteiger partial charge in [0.05, 0.1) is 0 Å². The van der Waals surface area contributed by atoms with Crippen molar-refractivity contribution in [1.82, 2.24) is 10.3 Å². The molecule has 2 aliphatic rings. The van der Waals surface area contributed by atoms with Crippen LogP contribution in [-0.4, -0.2) is 24.2 Å². The number of fused-ring (bicyclic) bond motifs is 2. The maximum absolute atomic E-state index is 12.4. The summed E-state index contributed by atoms with van der Waals surface area (Å²) in [6.07, 6.45) is 4.65. The summed E-state index contributed by atoms with van der Waals surface area (Å²) in [5.74, 6) is 1.15. The maximum atomic E-state index is 12.4. The van der Waals surface area contributed by atoms with Crippen LogP contribution in [0.15, 0.2) is 29.1 Å². The summed E-state index contributed by atoms with van der Waals surface area (Å²) < 4.78 is 10.6. The summed E-state index contributed by atoms with van der Waals surface area (Å²) >= 11 is 0. The van der Waals surface area contributed by atoms with Gasteiger partial charge in [-0.2, -0.15) is 0 Å². The molecule has 2 N–H and O–H groups in total. The fourth-order valence-corrected chi connectivity index (χ4v) is 3.36. The van der Waals surface area contributed by atoms with Crippen LogP contribution in [0.3, 0.4) is 0 Å². The van der Waals surface area contributed by atoms with E-state index in [4.69, 9.17) is 9.47 Å². The predicted molar refractivity (Wildman–Crippen MR) is 92.3 cm³/mol. The largest absolute Gasteiger partial charge is 0.454 e. The Morgan fingerprint density at radius 3 is 2.88 bits per heavy atom. The molecule has 0 saturated heterocycles. The van der Waals surface area contributed by atoms with Crippen LogP contribution in [0.2, 0.25) is 0 Å². The summed E-state index contributed by atoms with van der Waals surface area (Å²) in [4.78, 5) is 27.4. The minimum absolute atomic E-state index is 0.200. The van der Waals surface area contributed by atoms with Gasteiger partial charge in [-0.15, -0.1) is 0 Å². The van der Waals surface area contributed by atoms with Gasteiger partial charge < -0.3 is 19.8 Å². The lowest BCUT2D eigenvalue weighted by Crippen LogP contribution is -2.32. The smallest absolute Gasteiger partial charge is 0.261 e. The van der Waals surface area contributed by atoms with Gasteiger partial charge in [0.25, 0.3) is 11.5 Å². The Bertz CT molecular complexity index is 872. The number of amides is 1. The fraction of sp³-hybridized carbons (Fsp3) is 0.368. The minimum Gasteiger partial charge on any atom is -0.454 e. The van der Waals surface area contributed by atoms with Crippen molar-refractivity contribution >= 4 is 5.91 Å². The highest BCUT2D eigenvalue weighted by molar-refractivity contribution is 5.94. The van der Waals surface area contributed by atoms with Gasteiger partial charge in [0.2, 0.25) is 6.79 Å². The van der Waals surface area contributed by atoms with Gasteiger partial charge in [-0.3, -0.25) is 9.59 Å². The second-order valence-corrected chi connectivity index (χ2v) is 6.42. The van der Waals surface area contributed by atoms with E-state index in [1.807, 2.05) is 18.2 Å². The molecule has 0 saturated carbocycles. The average molecular weight is 340 g/mol. The van der Waals surface area contributed by atoms with Crippen molar-refractivity contribution in [3.63, 3.8) is 0 Å². The van der Waals surface area contributed by atoms with Crippen molar-refractivity contribution in [1.29, 1.82) is 0 Å². The first kappa shape index (κ1) is 15.7. The van der Waals surface area contributed by atoms with E-state index in [9.17, 15) is 9.59 Å². The molecule has 130 valence electrons. The topological polar surface area (TPSA) is 80.4 Å². The van der Waals surface area contributed by atoms with Gasteiger partial charge in [-0.1, -0.05) is 6.07 Å². The van der Waals surface area contributed by atoms with E-state index < -0.39 is 0 Å². The molecule has 2 aromatic rings. The molecular formula is C19H20N2O4. The molecule has 1 aliphatic carbocycles. The monoisotopic (exact) mass is 340 g/mol. The number of aryl methyl sites for hydroxylation is 2. The molecule has 6 heteroatoms. The molecule has 1 aliphatic heterocycles. The third-order valence-corrected chi connectivity index (χ3v) is 4.72. The summed E-state index contributed by atoms with van der Waals surface area (Å²) in [5, 5.41) is 2.83. The molecule has 1 aromatic carbocycles. The lowest BCUT2D eigenvalue weighted by molar-refractivity contribution is 0.0952. The zero-order valence-corrected chi connectivity index (χ0v) is 13.9. The van der Waals surface area contributed by atoms with E-state index in [1.165, 1.54) is 0 Å². The predicted octanol–water partition coefficient (Wildman–Crippen LogP) is 1.95. The van der Waals surface area contributed by atoms with Crippen molar-refractivity contribution in [2.45, 2.75) is 32.1 Å². The second-order valence-electron chi connectivity index (χ2n) is 6.42. The molecule has 1 aromatic heterocycles. The Hall–Kier alpha value is -2.76. The van der Waals surface area contributed by atoms with Crippen molar-refractivity contribution in [3.05, 3.63) is 57.0 Å². The molecule has 25 heavy (non-hydrogen) atoms. The highest BCUT2D eigenvalue weighted by atomic mass is 16.7. The SMILES string of the molecule is O=C(NCCc1ccc2c(c1)OCO2)c1cc2c([nH]c1=O)CCCC2. The number of carbonyl (C=O) groups excluding carboxylic acids is 1. The van der Waals surface area contributed by atoms with E-state index in [0.717, 1.165) is 54.0 Å². The Morgan fingerprint density at radius 1 is 1.12 bits per heavy atom. The van der Waals surface area contributed by atoms with Crippen LogP contribution in [0.25, 0.3) is 0 Å². The van der Waals surface area contributed by atoms with E-state index in [0.29, 0.717) is 13.0 Å². The maximum Gasteiger partial charge on any atom is 0.261 e. The average Bonchev–Trinajstić information content (AvgIpc) is 3.09. The third kappa shape index (κ3) is 3.24. The lowest BCUT2D eigenvalue weighted by Gasteiger charge is -2.16. The van der Waals surface area contributed by atoms with Gasteiger partial charge in [0, 0.05) is 12.2 Å². The molecule has 2 heterocycles. The van der Waals surface area contributed by atoms with Crippen molar-refractivity contribution < 1.29 is 14.3 Å². The fourth-order valence-electron chi connectivity index (χ4n) is 3.36. The highest BCUT2D eigenvalue weighted by Crippen LogP contribution is 2.32. The summed E-state index contributed by atoms with van der Waals surface area (Å²) in [6.45, 7) is 0.700. The van der Waals surface area contributed by atoms with E-state index in [-0.39, 0.29) is 23.8 Å². The van der Waals surface area contributed by atoms with Crippen molar-refractivity contribution in [3.8, 4) is 11.5 Å². The molecule has 0 fully saturated rings. The van der Waals surface area contributed by atoms with Crippen LogP contribution in [0.5, 0.6) is 11.5 Å². The number of carbonyl (C=O) groups is 1. The number of nitrogens with one attached hydrogen (secondary N) is 2. The van der Waals surface area contributed by atoms with Crippen molar-refractivity contribution in [2.75, 3.05) is 13.3 Å². The van der Waals surface area contributed by atoms with Crippen LogP contribution in [0, 0.1) is 0 Å². The molecule has 1 amide bonds. The number of rotatable bonds is 4. The number of ether oxygens (including phenoxy) is 2. The number of hydrogen-bond donors (Lipinski definition) is 2. The van der Waals surface area contributed by atoms with Crippen LogP contribution in [0.4, 0.5) is 0 Å². The van der Waals surface area contributed by atoms with Crippen LogP contribution in [0.1, 0.15) is 40.0 Å². The van der Waals surface area contributed by atoms with E-state index in [1.54, 1.807) is 6.07 Å². The normalized spacial score (nSPS) is 14.9. The quantitative estimate of drug-likeness (QED) is 0.891. The van der Waals surface area contributed by atoms with Crippen LogP contribution >= 0.6 is 0 Å². The number of aromatic nitrogens is 1. The Labute approximate surface area is 145 Å². The first-order valence-electron chi connectivity index (χ1n) is 8.62. The number of hydrogen-bond acceptors (Lipinski definition) is 4. The number of pyridine rings is 1. The van der Waals surface area contributed by atoms with Crippen LogP contribution in [-0.2, 0) is 19.3 Å². The zero-order chi connectivity index (χ0) is 17.2. The Balaban J connectivity index is 1.40. The Morgan fingerprint density at radius 2 is 1.96 bits per heavy atom. The van der Waals surface area contributed by atoms with Gasteiger partial charge in [0.15, 0.2) is 11.5 Å². The molecular weight excluding hydrogens is 320 g/mol. The number of aromatic amines is 1. The van der Waals surface area contributed by atoms with E-state index >= 15 is 0 Å². The van der Waals surface area contributed by atoms with E-state index in [2.05, 4.69) is 10.3 Å². The molecule has 0 atom stereocenters. The molecule has 0 unspecified atom stereocenters. The third-order valence-electron chi connectivity index (χ3n) is 4.72. The first-order chi connectivity index (χ1) is 12.2. The number of benzene rings is 1. The molecule has 6 nitrogen and oxygen atoms in total. The molecule has 4 rings (SSSR count). The van der Waals surface area contributed by atoms with Gasteiger partial charge in [-0.05, 0) is 61.4 Å². The number of H-pyrrole nitrogens is 1. The first-order valence-corrected chi connectivity index (χ1v) is 8.62. The second kappa shape index (κ2) is 6.63. The van der Waals surface area contributed by atoms with Gasteiger partial charge in [-0.25, -0.2) is 0 Å².